The highest BCUT2D eigenvalue weighted by molar-refractivity contribution is 6.70. The standard InChI is InChI=1S/C16H17Cl3O2Si/c1-20-13-7-3-11(4-8-13)15(22,16(17,18)19)12-5-9-14(21-2)10-6-12/h3-10H,1-2,22H3. The number of ether oxygens (including phenoxy) is 2. The quantitative estimate of drug-likeness (QED) is 0.599. The first-order valence-corrected chi connectivity index (χ1v) is 8.82. The lowest BCUT2D eigenvalue weighted by molar-refractivity contribution is 0.414. The summed E-state index contributed by atoms with van der Waals surface area (Å²) in [6, 6.07) is 15.3. The Morgan fingerprint density at radius 2 is 1.05 bits per heavy atom. The zero-order chi connectivity index (χ0) is 16.4. The third-order valence-electron chi connectivity index (χ3n) is 3.90. The van der Waals surface area contributed by atoms with Crippen molar-refractivity contribution in [2.45, 2.75) is 8.83 Å². The minimum absolute atomic E-state index is 0.624. The van der Waals surface area contributed by atoms with Crippen LogP contribution in [0.2, 0.25) is 0 Å². The maximum atomic E-state index is 6.36. The van der Waals surface area contributed by atoms with Crippen LogP contribution in [-0.2, 0) is 5.04 Å². The monoisotopic (exact) mass is 374 g/mol. The number of benzene rings is 2. The molecule has 0 saturated heterocycles. The van der Waals surface area contributed by atoms with Crippen LogP contribution >= 0.6 is 34.8 Å². The molecule has 6 heteroatoms. The van der Waals surface area contributed by atoms with Crippen molar-refractivity contribution in [2.24, 2.45) is 0 Å². The Kier molecular flexibility index (Phi) is 5.33. The van der Waals surface area contributed by atoms with E-state index in [4.69, 9.17) is 44.3 Å². The number of methoxy groups -OCH3 is 2. The smallest absolute Gasteiger partial charge is 0.200 e. The fourth-order valence-corrected chi connectivity index (χ4v) is 3.66. The number of hydrogen-bond acceptors (Lipinski definition) is 2. The second-order valence-corrected chi connectivity index (χ2v) is 8.86. The van der Waals surface area contributed by atoms with Crippen LogP contribution in [0.4, 0.5) is 0 Å². The molecule has 0 saturated carbocycles. The van der Waals surface area contributed by atoms with E-state index in [-0.39, 0.29) is 0 Å². The fourth-order valence-electron chi connectivity index (χ4n) is 2.34. The highest BCUT2D eigenvalue weighted by Crippen LogP contribution is 2.49. The van der Waals surface area contributed by atoms with Gasteiger partial charge in [-0.1, -0.05) is 59.1 Å². The molecule has 0 aliphatic rings. The molecule has 2 aromatic carbocycles. The Balaban J connectivity index is 2.55. The van der Waals surface area contributed by atoms with Crippen molar-refractivity contribution >= 4 is 45.0 Å². The maximum Gasteiger partial charge on any atom is 0.200 e. The zero-order valence-corrected chi connectivity index (χ0v) is 16.8. The van der Waals surface area contributed by atoms with E-state index < -0.39 is 8.83 Å². The van der Waals surface area contributed by atoms with Crippen molar-refractivity contribution in [3.8, 4) is 11.5 Å². The summed E-state index contributed by atoms with van der Waals surface area (Å²) in [5, 5.41) is -0.670. The molecule has 0 amide bonds. The van der Waals surface area contributed by atoms with Gasteiger partial charge in [-0.2, -0.15) is 0 Å². The molecule has 0 heterocycles. The molecule has 0 atom stereocenters. The molecule has 22 heavy (non-hydrogen) atoms. The molecule has 2 aromatic rings. The van der Waals surface area contributed by atoms with E-state index in [0.717, 1.165) is 22.6 Å². The van der Waals surface area contributed by atoms with Crippen molar-refractivity contribution in [2.75, 3.05) is 14.2 Å². The molecule has 2 nitrogen and oxygen atoms in total. The van der Waals surface area contributed by atoms with Gasteiger partial charge in [-0.15, -0.1) is 0 Å². The highest BCUT2D eigenvalue weighted by Gasteiger charge is 2.47. The molecule has 0 spiro atoms. The Labute approximate surface area is 148 Å². The normalized spacial score (nSPS) is 12.2. The average molecular weight is 376 g/mol. The van der Waals surface area contributed by atoms with Crippen LogP contribution in [0.25, 0.3) is 0 Å². The molecule has 0 unspecified atom stereocenters. The molecular formula is C16H17Cl3O2Si. The van der Waals surface area contributed by atoms with Gasteiger partial charge in [0, 0.05) is 10.2 Å². The summed E-state index contributed by atoms with van der Waals surface area (Å²) in [7, 11) is 3.88. The molecule has 0 N–H and O–H groups in total. The van der Waals surface area contributed by atoms with Crippen molar-refractivity contribution in [3.63, 3.8) is 0 Å². The first-order chi connectivity index (χ1) is 10.3. The summed E-state index contributed by atoms with van der Waals surface area (Å²) < 4.78 is 8.94. The second-order valence-electron chi connectivity index (χ2n) is 5.08. The summed E-state index contributed by atoms with van der Waals surface area (Å²) in [5.74, 6) is 1.54. The number of alkyl halides is 3. The molecule has 0 bridgehead atoms. The summed E-state index contributed by atoms with van der Waals surface area (Å²) in [6.07, 6.45) is 0. The van der Waals surface area contributed by atoms with Crippen molar-refractivity contribution in [1.82, 2.24) is 0 Å². The summed E-state index contributed by atoms with van der Waals surface area (Å²) in [5.41, 5.74) is 1.90. The van der Waals surface area contributed by atoms with Crippen LogP contribution in [-0.4, -0.2) is 28.3 Å². The minimum Gasteiger partial charge on any atom is -0.497 e. The van der Waals surface area contributed by atoms with E-state index >= 15 is 0 Å². The van der Waals surface area contributed by atoms with Gasteiger partial charge in [0.15, 0.2) is 0 Å². The first kappa shape index (κ1) is 17.5. The van der Waals surface area contributed by atoms with Crippen molar-refractivity contribution in [1.29, 1.82) is 0 Å². The Bertz CT molecular complexity index is 574. The van der Waals surface area contributed by atoms with Gasteiger partial charge in [0.05, 0.1) is 19.3 Å². The minimum atomic E-state index is -1.46. The summed E-state index contributed by atoms with van der Waals surface area (Å²) in [6.45, 7) is 0. The summed E-state index contributed by atoms with van der Waals surface area (Å²) in [4.78, 5) is 0. The lowest BCUT2D eigenvalue weighted by Gasteiger charge is -2.37. The molecule has 0 aliphatic carbocycles. The predicted molar refractivity (Wildman–Crippen MR) is 97.0 cm³/mol. The fraction of sp³-hybridized carbons (Fsp3) is 0.250. The SMILES string of the molecule is COc1ccc(C([SiH3])(c2ccc(OC)cc2)C(Cl)(Cl)Cl)cc1. The van der Waals surface area contributed by atoms with Crippen LogP contribution in [0.3, 0.4) is 0 Å². The third kappa shape index (κ3) is 3.23. The summed E-state index contributed by atoms with van der Waals surface area (Å²) >= 11 is 19.1. The predicted octanol–water partition coefficient (Wildman–Crippen LogP) is 3.68. The van der Waals surface area contributed by atoms with Crippen molar-refractivity contribution < 1.29 is 9.47 Å². The Hall–Kier alpha value is -0.873. The number of hydrogen-bond donors (Lipinski definition) is 0. The molecule has 0 radical (unpaired) electrons. The van der Waals surface area contributed by atoms with E-state index in [9.17, 15) is 0 Å². The van der Waals surface area contributed by atoms with Gasteiger partial charge in [0.25, 0.3) is 0 Å². The van der Waals surface area contributed by atoms with Gasteiger partial charge >= 0.3 is 0 Å². The van der Waals surface area contributed by atoms with Gasteiger partial charge in [-0.05, 0) is 35.4 Å². The average Bonchev–Trinajstić information content (AvgIpc) is 2.53. The Morgan fingerprint density at radius 3 is 1.27 bits per heavy atom. The van der Waals surface area contributed by atoms with E-state index in [1.165, 1.54) is 0 Å². The lowest BCUT2D eigenvalue weighted by atomic mass is 9.91. The molecule has 0 fully saturated rings. The molecule has 2 rings (SSSR count). The van der Waals surface area contributed by atoms with Crippen LogP contribution in [0, 0.1) is 0 Å². The van der Waals surface area contributed by atoms with Crippen LogP contribution in [0.5, 0.6) is 11.5 Å². The lowest BCUT2D eigenvalue weighted by Crippen LogP contribution is -2.41. The Morgan fingerprint density at radius 1 is 0.727 bits per heavy atom. The largest absolute Gasteiger partial charge is 0.497 e. The second kappa shape index (κ2) is 6.71. The third-order valence-corrected chi connectivity index (χ3v) is 7.89. The first-order valence-electron chi connectivity index (χ1n) is 6.68. The topological polar surface area (TPSA) is 18.5 Å². The van der Waals surface area contributed by atoms with Gasteiger partial charge in [0.1, 0.15) is 11.5 Å². The van der Waals surface area contributed by atoms with Gasteiger partial charge in [-0.25, -0.2) is 0 Å². The molecular weight excluding hydrogens is 359 g/mol. The van der Waals surface area contributed by atoms with Gasteiger partial charge in [-0.3, -0.25) is 0 Å². The van der Waals surface area contributed by atoms with E-state index in [1.54, 1.807) is 14.2 Å². The number of halogens is 3. The van der Waals surface area contributed by atoms with E-state index in [1.807, 2.05) is 48.5 Å². The van der Waals surface area contributed by atoms with Crippen LogP contribution in [0.15, 0.2) is 48.5 Å². The van der Waals surface area contributed by atoms with E-state index in [0.29, 0.717) is 10.2 Å². The van der Waals surface area contributed by atoms with Crippen molar-refractivity contribution in [3.05, 3.63) is 59.7 Å². The molecule has 0 aliphatic heterocycles. The van der Waals surface area contributed by atoms with E-state index in [2.05, 4.69) is 0 Å². The van der Waals surface area contributed by atoms with Gasteiger partial charge in [0.2, 0.25) is 3.79 Å². The maximum absolute atomic E-state index is 6.36. The molecule has 118 valence electrons. The van der Waals surface area contributed by atoms with Gasteiger partial charge < -0.3 is 9.47 Å². The van der Waals surface area contributed by atoms with Crippen LogP contribution < -0.4 is 9.47 Å². The molecule has 0 aromatic heterocycles. The van der Waals surface area contributed by atoms with Crippen LogP contribution in [0.1, 0.15) is 11.1 Å². The number of rotatable bonds is 4. The highest BCUT2D eigenvalue weighted by atomic mass is 35.6. The zero-order valence-electron chi connectivity index (χ0n) is 12.6.